The Hall–Kier alpha value is -2.00. The third kappa shape index (κ3) is 4.00. The number of hydrogen-bond donors (Lipinski definition) is 2. The van der Waals surface area contributed by atoms with Crippen LogP contribution in [0.4, 0.5) is 5.82 Å². The molecule has 2 rings (SSSR count). The molecule has 2 N–H and O–H groups in total. The topological polar surface area (TPSA) is 102 Å². The maximum atomic E-state index is 11.2. The lowest BCUT2D eigenvalue weighted by atomic mass is 10.5. The van der Waals surface area contributed by atoms with Crippen molar-refractivity contribution in [2.75, 3.05) is 24.2 Å². The summed E-state index contributed by atoms with van der Waals surface area (Å²) < 4.78 is 26.5. The Morgan fingerprint density at radius 2 is 2.10 bits per heavy atom. The van der Waals surface area contributed by atoms with E-state index in [4.69, 9.17) is 0 Å². The van der Waals surface area contributed by atoms with E-state index in [1.54, 1.807) is 42.2 Å². The number of nitrogens with one attached hydrogen (secondary N) is 2. The Labute approximate surface area is 117 Å². The monoisotopic (exact) mass is 296 g/mol. The number of nitrogens with zero attached hydrogens (tertiary/aromatic N) is 4. The van der Waals surface area contributed by atoms with E-state index in [9.17, 15) is 8.42 Å². The maximum absolute atomic E-state index is 11.2. The number of rotatable bonds is 7. The standard InChI is InChI=1S/C11H16N6O2S/c1-2-20(18,19)14-8-7-12-10-4-5-11(16-15-10)17-9-3-6-13-17/h3-6,9,14H,2,7-8H2,1H3,(H,12,15). The average Bonchev–Trinajstić information content (AvgIpc) is 2.98. The van der Waals surface area contributed by atoms with Crippen molar-refractivity contribution in [2.45, 2.75) is 6.92 Å². The van der Waals surface area contributed by atoms with Gasteiger partial charge in [0.15, 0.2) is 5.82 Å². The number of hydrogen-bond acceptors (Lipinski definition) is 6. The van der Waals surface area contributed by atoms with Gasteiger partial charge in [0.25, 0.3) is 0 Å². The van der Waals surface area contributed by atoms with Crippen molar-refractivity contribution in [3.05, 3.63) is 30.6 Å². The van der Waals surface area contributed by atoms with Crippen molar-refractivity contribution >= 4 is 15.8 Å². The fourth-order valence-corrected chi connectivity index (χ4v) is 2.06. The van der Waals surface area contributed by atoms with E-state index < -0.39 is 10.0 Å². The first-order chi connectivity index (χ1) is 9.61. The lowest BCUT2D eigenvalue weighted by molar-refractivity contribution is 0.584. The first kappa shape index (κ1) is 14.4. The van der Waals surface area contributed by atoms with Gasteiger partial charge < -0.3 is 5.32 Å². The highest BCUT2D eigenvalue weighted by atomic mass is 32.2. The van der Waals surface area contributed by atoms with Gasteiger partial charge in [-0.3, -0.25) is 0 Å². The second-order valence-electron chi connectivity index (χ2n) is 3.95. The summed E-state index contributed by atoms with van der Waals surface area (Å²) in [6, 6.07) is 5.34. The van der Waals surface area contributed by atoms with Crippen LogP contribution in [0.2, 0.25) is 0 Å². The van der Waals surface area contributed by atoms with Crippen LogP contribution in [0.1, 0.15) is 6.92 Å². The Balaban J connectivity index is 1.83. The van der Waals surface area contributed by atoms with Crippen LogP contribution in [0.3, 0.4) is 0 Å². The minimum absolute atomic E-state index is 0.0748. The van der Waals surface area contributed by atoms with E-state index in [2.05, 4.69) is 25.3 Å². The van der Waals surface area contributed by atoms with E-state index in [0.717, 1.165) is 0 Å². The fraction of sp³-hybridized carbons (Fsp3) is 0.364. The molecule has 20 heavy (non-hydrogen) atoms. The van der Waals surface area contributed by atoms with Gasteiger partial charge in [-0.2, -0.15) is 5.10 Å². The summed E-state index contributed by atoms with van der Waals surface area (Å²) in [6.45, 7) is 2.34. The third-order valence-corrected chi connectivity index (χ3v) is 3.93. The minimum Gasteiger partial charge on any atom is -0.367 e. The van der Waals surface area contributed by atoms with Gasteiger partial charge in [-0.15, -0.1) is 10.2 Å². The summed E-state index contributed by atoms with van der Waals surface area (Å²) >= 11 is 0. The molecule has 2 aromatic heterocycles. The molecule has 0 fully saturated rings. The molecule has 0 aromatic carbocycles. The van der Waals surface area contributed by atoms with Crippen molar-refractivity contribution in [3.8, 4) is 5.82 Å². The van der Waals surface area contributed by atoms with Gasteiger partial charge in [-0.1, -0.05) is 0 Å². The Bertz CT molecular complexity index is 623. The molecule has 0 radical (unpaired) electrons. The normalized spacial score (nSPS) is 11.4. The summed E-state index contributed by atoms with van der Waals surface area (Å²) in [5.74, 6) is 1.27. The zero-order chi connectivity index (χ0) is 14.4. The molecule has 0 aliphatic carbocycles. The minimum atomic E-state index is -3.15. The molecule has 0 unspecified atom stereocenters. The van der Waals surface area contributed by atoms with E-state index >= 15 is 0 Å². The van der Waals surface area contributed by atoms with E-state index in [0.29, 0.717) is 24.7 Å². The number of anilines is 1. The van der Waals surface area contributed by atoms with Crippen molar-refractivity contribution in [1.29, 1.82) is 0 Å². The second kappa shape index (κ2) is 6.44. The van der Waals surface area contributed by atoms with Gasteiger partial charge in [-0.25, -0.2) is 17.8 Å². The molecule has 0 saturated heterocycles. The van der Waals surface area contributed by atoms with Crippen LogP contribution in [-0.2, 0) is 10.0 Å². The molecule has 0 aliphatic heterocycles. The van der Waals surface area contributed by atoms with Crippen LogP contribution < -0.4 is 10.0 Å². The number of aromatic nitrogens is 4. The van der Waals surface area contributed by atoms with Gasteiger partial charge in [-0.05, 0) is 25.1 Å². The van der Waals surface area contributed by atoms with Crippen LogP contribution in [0, 0.1) is 0 Å². The summed E-state index contributed by atoms with van der Waals surface area (Å²) in [7, 11) is -3.15. The largest absolute Gasteiger partial charge is 0.367 e. The first-order valence-corrected chi connectivity index (χ1v) is 7.81. The molecular formula is C11H16N6O2S. The fourth-order valence-electron chi connectivity index (χ4n) is 1.45. The molecule has 0 saturated carbocycles. The molecule has 2 heterocycles. The van der Waals surface area contributed by atoms with Gasteiger partial charge in [0.1, 0.15) is 5.82 Å². The van der Waals surface area contributed by atoms with Gasteiger partial charge in [0, 0.05) is 25.5 Å². The van der Waals surface area contributed by atoms with E-state index in [1.165, 1.54) is 0 Å². The Kier molecular flexibility index (Phi) is 4.64. The second-order valence-corrected chi connectivity index (χ2v) is 6.05. The highest BCUT2D eigenvalue weighted by molar-refractivity contribution is 7.89. The predicted octanol–water partition coefficient (Wildman–Crippen LogP) is 0.0135. The van der Waals surface area contributed by atoms with Crippen molar-refractivity contribution in [1.82, 2.24) is 24.7 Å². The van der Waals surface area contributed by atoms with E-state index in [-0.39, 0.29) is 5.75 Å². The van der Waals surface area contributed by atoms with Crippen molar-refractivity contribution < 1.29 is 8.42 Å². The lowest BCUT2D eigenvalue weighted by Crippen LogP contribution is -2.30. The molecule has 8 nitrogen and oxygen atoms in total. The van der Waals surface area contributed by atoms with Crippen molar-refractivity contribution in [2.24, 2.45) is 0 Å². The van der Waals surface area contributed by atoms with Crippen LogP contribution >= 0.6 is 0 Å². The lowest BCUT2D eigenvalue weighted by Gasteiger charge is -2.07. The first-order valence-electron chi connectivity index (χ1n) is 6.15. The number of sulfonamides is 1. The quantitative estimate of drug-likeness (QED) is 0.698. The zero-order valence-electron chi connectivity index (χ0n) is 11.0. The summed E-state index contributed by atoms with van der Waals surface area (Å²) in [6.07, 6.45) is 3.43. The Morgan fingerprint density at radius 3 is 2.70 bits per heavy atom. The summed E-state index contributed by atoms with van der Waals surface area (Å²) in [4.78, 5) is 0. The summed E-state index contributed by atoms with van der Waals surface area (Å²) in [5, 5.41) is 15.0. The van der Waals surface area contributed by atoms with Crippen LogP contribution in [0.15, 0.2) is 30.6 Å². The molecule has 0 bridgehead atoms. The van der Waals surface area contributed by atoms with Crippen LogP contribution in [-0.4, -0.2) is 47.2 Å². The molecule has 108 valence electrons. The molecule has 0 aliphatic rings. The molecule has 0 spiro atoms. The smallest absolute Gasteiger partial charge is 0.211 e. The molecular weight excluding hydrogens is 280 g/mol. The average molecular weight is 296 g/mol. The van der Waals surface area contributed by atoms with Gasteiger partial charge in [0.2, 0.25) is 10.0 Å². The highest BCUT2D eigenvalue weighted by Crippen LogP contribution is 2.04. The molecule has 9 heteroatoms. The SMILES string of the molecule is CCS(=O)(=O)NCCNc1ccc(-n2cccn2)nn1. The van der Waals surface area contributed by atoms with Crippen LogP contribution in [0.5, 0.6) is 0 Å². The molecule has 0 amide bonds. The Morgan fingerprint density at radius 1 is 1.25 bits per heavy atom. The van der Waals surface area contributed by atoms with E-state index in [1.807, 2.05) is 0 Å². The third-order valence-electron chi connectivity index (χ3n) is 2.52. The predicted molar refractivity (Wildman–Crippen MR) is 75.1 cm³/mol. The molecule has 0 atom stereocenters. The zero-order valence-corrected chi connectivity index (χ0v) is 11.8. The van der Waals surface area contributed by atoms with Crippen molar-refractivity contribution in [3.63, 3.8) is 0 Å². The van der Waals surface area contributed by atoms with Crippen LogP contribution in [0.25, 0.3) is 5.82 Å². The van der Waals surface area contributed by atoms with Gasteiger partial charge >= 0.3 is 0 Å². The highest BCUT2D eigenvalue weighted by Gasteiger charge is 2.04. The maximum Gasteiger partial charge on any atom is 0.211 e. The van der Waals surface area contributed by atoms with Gasteiger partial charge in [0.05, 0.1) is 5.75 Å². The molecule has 2 aromatic rings. The summed E-state index contributed by atoms with van der Waals surface area (Å²) in [5.41, 5.74) is 0.